The molecule has 0 spiro atoms. The van der Waals surface area contributed by atoms with Gasteiger partial charge in [0.05, 0.1) is 5.75 Å². The SMILES string of the molecule is Cc1c(Cl)cccc1NC(=O)CSc1nnc(N2CCCCC2)n1C1CC1. The number of carbonyl (C=O) groups excluding carboxylic acids is 1. The van der Waals surface area contributed by atoms with Crippen LogP contribution in [0.3, 0.4) is 0 Å². The number of hydrogen-bond donors (Lipinski definition) is 1. The van der Waals surface area contributed by atoms with Gasteiger partial charge in [-0.2, -0.15) is 0 Å². The summed E-state index contributed by atoms with van der Waals surface area (Å²) in [4.78, 5) is 14.8. The van der Waals surface area contributed by atoms with Gasteiger partial charge in [-0.25, -0.2) is 0 Å². The Balaban J connectivity index is 1.43. The fourth-order valence-corrected chi connectivity index (χ4v) is 4.36. The summed E-state index contributed by atoms with van der Waals surface area (Å²) in [5.74, 6) is 1.22. The van der Waals surface area contributed by atoms with Crippen LogP contribution in [-0.4, -0.2) is 39.5 Å². The molecule has 2 heterocycles. The maximum atomic E-state index is 12.4. The summed E-state index contributed by atoms with van der Waals surface area (Å²) in [6.45, 7) is 3.99. The molecule has 2 fully saturated rings. The van der Waals surface area contributed by atoms with Crippen LogP contribution >= 0.6 is 23.4 Å². The Kier molecular flexibility index (Phi) is 5.59. The standard InChI is InChI=1S/C19H24ClN5OS/c1-13-15(20)6-5-7-16(13)21-17(26)12-27-19-23-22-18(25(19)14-8-9-14)24-10-3-2-4-11-24/h5-7,14H,2-4,8-12H2,1H3,(H,21,26). The molecule has 8 heteroatoms. The highest BCUT2D eigenvalue weighted by molar-refractivity contribution is 7.99. The van der Waals surface area contributed by atoms with Crippen molar-refractivity contribution in [1.82, 2.24) is 14.8 Å². The Labute approximate surface area is 168 Å². The molecular weight excluding hydrogens is 382 g/mol. The second-order valence-corrected chi connectivity index (χ2v) is 8.53. The normalized spacial score (nSPS) is 17.2. The van der Waals surface area contributed by atoms with E-state index in [9.17, 15) is 4.79 Å². The summed E-state index contributed by atoms with van der Waals surface area (Å²) in [7, 11) is 0. The Morgan fingerprint density at radius 3 is 2.78 bits per heavy atom. The molecule has 1 N–H and O–H groups in total. The lowest BCUT2D eigenvalue weighted by Gasteiger charge is -2.27. The quantitative estimate of drug-likeness (QED) is 0.726. The Morgan fingerprint density at radius 1 is 1.26 bits per heavy atom. The second kappa shape index (κ2) is 8.10. The second-order valence-electron chi connectivity index (χ2n) is 7.18. The van der Waals surface area contributed by atoms with E-state index in [0.717, 1.165) is 35.4 Å². The van der Waals surface area contributed by atoms with E-state index in [1.54, 1.807) is 0 Å². The summed E-state index contributed by atoms with van der Waals surface area (Å²) >= 11 is 7.58. The minimum Gasteiger partial charge on any atom is -0.341 e. The van der Waals surface area contributed by atoms with Crippen LogP contribution in [-0.2, 0) is 4.79 Å². The van der Waals surface area contributed by atoms with Gasteiger partial charge in [0.15, 0.2) is 5.16 Å². The van der Waals surface area contributed by atoms with E-state index in [1.165, 1.54) is 43.9 Å². The lowest BCUT2D eigenvalue weighted by atomic mass is 10.1. The lowest BCUT2D eigenvalue weighted by Crippen LogP contribution is -2.32. The predicted octanol–water partition coefficient (Wildman–Crippen LogP) is 4.30. The molecule has 0 radical (unpaired) electrons. The third-order valence-electron chi connectivity index (χ3n) is 5.07. The molecule has 144 valence electrons. The monoisotopic (exact) mass is 405 g/mol. The molecule has 27 heavy (non-hydrogen) atoms. The van der Waals surface area contributed by atoms with Crippen LogP contribution in [0.4, 0.5) is 11.6 Å². The van der Waals surface area contributed by atoms with Crippen molar-refractivity contribution in [3.8, 4) is 0 Å². The molecule has 1 saturated carbocycles. The average molecular weight is 406 g/mol. The fraction of sp³-hybridized carbons (Fsp3) is 0.526. The number of nitrogens with zero attached hydrogens (tertiary/aromatic N) is 4. The maximum absolute atomic E-state index is 12.4. The molecule has 4 rings (SSSR count). The topological polar surface area (TPSA) is 63.1 Å². The van der Waals surface area contributed by atoms with Crippen molar-refractivity contribution in [2.24, 2.45) is 0 Å². The molecule has 6 nitrogen and oxygen atoms in total. The molecule has 1 aromatic heterocycles. The van der Waals surface area contributed by atoms with Crippen molar-refractivity contribution in [3.05, 3.63) is 28.8 Å². The van der Waals surface area contributed by atoms with Crippen LogP contribution in [0.5, 0.6) is 0 Å². The van der Waals surface area contributed by atoms with Gasteiger partial charge < -0.3 is 10.2 Å². The summed E-state index contributed by atoms with van der Waals surface area (Å²) in [5.41, 5.74) is 1.64. The minimum atomic E-state index is -0.0600. The third-order valence-corrected chi connectivity index (χ3v) is 6.42. The Morgan fingerprint density at radius 2 is 2.04 bits per heavy atom. The van der Waals surface area contributed by atoms with Gasteiger partial charge in [0.1, 0.15) is 0 Å². The first-order valence-corrected chi connectivity index (χ1v) is 10.9. The van der Waals surface area contributed by atoms with Crippen LogP contribution < -0.4 is 10.2 Å². The van der Waals surface area contributed by atoms with E-state index >= 15 is 0 Å². The fourth-order valence-electron chi connectivity index (χ4n) is 3.39. The number of amides is 1. The van der Waals surface area contributed by atoms with Crippen molar-refractivity contribution in [1.29, 1.82) is 0 Å². The molecular formula is C19H24ClN5OS. The minimum absolute atomic E-state index is 0.0600. The largest absolute Gasteiger partial charge is 0.341 e. The van der Waals surface area contributed by atoms with Crippen molar-refractivity contribution >= 4 is 40.9 Å². The van der Waals surface area contributed by atoms with Crippen molar-refractivity contribution in [2.45, 2.75) is 50.2 Å². The van der Waals surface area contributed by atoms with Gasteiger partial charge >= 0.3 is 0 Å². The van der Waals surface area contributed by atoms with Crippen molar-refractivity contribution in [3.63, 3.8) is 0 Å². The summed E-state index contributed by atoms with van der Waals surface area (Å²) < 4.78 is 2.24. The number of rotatable bonds is 6. The van der Waals surface area contributed by atoms with E-state index in [1.807, 2.05) is 25.1 Å². The smallest absolute Gasteiger partial charge is 0.234 e. The number of aromatic nitrogens is 3. The molecule has 0 unspecified atom stereocenters. The van der Waals surface area contributed by atoms with Gasteiger partial charge in [-0.1, -0.05) is 29.4 Å². The van der Waals surface area contributed by atoms with E-state index in [4.69, 9.17) is 11.6 Å². The number of hydrogen-bond acceptors (Lipinski definition) is 5. The summed E-state index contributed by atoms with van der Waals surface area (Å²) in [6, 6.07) is 6.01. The number of halogens is 1. The zero-order chi connectivity index (χ0) is 18.8. The summed E-state index contributed by atoms with van der Waals surface area (Å²) in [6.07, 6.45) is 6.04. The van der Waals surface area contributed by atoms with E-state index in [-0.39, 0.29) is 5.91 Å². The molecule has 1 saturated heterocycles. The zero-order valence-corrected chi connectivity index (χ0v) is 17.0. The van der Waals surface area contributed by atoms with Crippen molar-refractivity contribution in [2.75, 3.05) is 29.1 Å². The van der Waals surface area contributed by atoms with Crippen LogP contribution in [0.25, 0.3) is 0 Å². The highest BCUT2D eigenvalue weighted by Crippen LogP contribution is 2.41. The molecule has 2 aromatic rings. The molecule has 1 aliphatic heterocycles. The first-order valence-electron chi connectivity index (χ1n) is 9.51. The number of benzene rings is 1. The van der Waals surface area contributed by atoms with Gasteiger partial charge in [-0.3, -0.25) is 9.36 Å². The van der Waals surface area contributed by atoms with Gasteiger partial charge in [0.25, 0.3) is 0 Å². The summed E-state index contributed by atoms with van der Waals surface area (Å²) in [5, 5.41) is 13.3. The highest BCUT2D eigenvalue weighted by atomic mass is 35.5. The van der Waals surface area contributed by atoms with Gasteiger partial charge in [-0.05, 0) is 56.7 Å². The Hall–Kier alpha value is -1.73. The first kappa shape index (κ1) is 18.6. The van der Waals surface area contributed by atoms with E-state index in [2.05, 4.69) is 25.0 Å². The molecule has 2 aliphatic rings. The molecule has 1 amide bonds. The number of nitrogens with one attached hydrogen (secondary N) is 1. The zero-order valence-electron chi connectivity index (χ0n) is 15.4. The molecule has 1 aromatic carbocycles. The molecule has 0 atom stereocenters. The molecule has 0 bridgehead atoms. The van der Waals surface area contributed by atoms with Gasteiger partial charge in [0.2, 0.25) is 11.9 Å². The number of piperidine rings is 1. The van der Waals surface area contributed by atoms with E-state index < -0.39 is 0 Å². The molecule has 1 aliphatic carbocycles. The lowest BCUT2D eigenvalue weighted by molar-refractivity contribution is -0.113. The number of carbonyl (C=O) groups is 1. The van der Waals surface area contributed by atoms with Crippen molar-refractivity contribution < 1.29 is 4.79 Å². The van der Waals surface area contributed by atoms with Gasteiger partial charge in [0, 0.05) is 29.8 Å². The Bertz CT molecular complexity index is 830. The third kappa shape index (κ3) is 4.24. The van der Waals surface area contributed by atoms with Crippen LogP contribution in [0.15, 0.2) is 23.4 Å². The van der Waals surface area contributed by atoms with Crippen LogP contribution in [0.1, 0.15) is 43.7 Å². The van der Waals surface area contributed by atoms with Crippen LogP contribution in [0.2, 0.25) is 5.02 Å². The number of anilines is 2. The van der Waals surface area contributed by atoms with E-state index in [0.29, 0.717) is 16.8 Å². The number of thioether (sulfide) groups is 1. The highest BCUT2D eigenvalue weighted by Gasteiger charge is 2.32. The predicted molar refractivity (Wildman–Crippen MR) is 110 cm³/mol. The average Bonchev–Trinajstić information content (AvgIpc) is 3.43. The maximum Gasteiger partial charge on any atom is 0.234 e. The van der Waals surface area contributed by atoms with Crippen LogP contribution in [0, 0.1) is 6.92 Å². The first-order chi connectivity index (χ1) is 13.1. The van der Waals surface area contributed by atoms with Gasteiger partial charge in [-0.15, -0.1) is 10.2 Å².